The van der Waals surface area contributed by atoms with Gasteiger partial charge in [0.25, 0.3) is 0 Å². The van der Waals surface area contributed by atoms with Gasteiger partial charge in [-0.3, -0.25) is 4.79 Å². The molecule has 1 saturated carbocycles. The second kappa shape index (κ2) is 11.8. The molecule has 1 aliphatic carbocycles. The zero-order valence-corrected chi connectivity index (χ0v) is 17.9. The maximum Gasteiger partial charge on any atom is 0.246 e. The summed E-state index contributed by atoms with van der Waals surface area (Å²) >= 11 is 0. The third-order valence-corrected chi connectivity index (χ3v) is 4.39. The first kappa shape index (κ1) is 22.3. The first-order valence-electron chi connectivity index (χ1n) is 9.02. The van der Waals surface area contributed by atoms with Crippen molar-refractivity contribution >= 4 is 41.5 Å². The molecular formula is C20H29IN4O. The van der Waals surface area contributed by atoms with Gasteiger partial charge in [-0.25, -0.2) is 4.99 Å². The molecule has 0 heterocycles. The molecule has 0 spiro atoms. The molecule has 0 atom stereocenters. The van der Waals surface area contributed by atoms with E-state index >= 15 is 0 Å². The predicted octanol–water partition coefficient (Wildman–Crippen LogP) is 3.36. The fourth-order valence-electron chi connectivity index (χ4n) is 2.96. The smallest absolute Gasteiger partial charge is 0.246 e. The van der Waals surface area contributed by atoms with E-state index in [0.29, 0.717) is 17.7 Å². The van der Waals surface area contributed by atoms with Gasteiger partial charge in [-0.15, -0.1) is 30.4 Å². The van der Waals surface area contributed by atoms with Gasteiger partial charge in [0, 0.05) is 23.8 Å². The number of nitrogens with one attached hydrogen (secondary N) is 3. The number of benzene rings is 1. The van der Waals surface area contributed by atoms with Crippen LogP contribution < -0.4 is 16.0 Å². The minimum atomic E-state index is -0.163. The molecule has 0 unspecified atom stereocenters. The van der Waals surface area contributed by atoms with Gasteiger partial charge in [0.2, 0.25) is 5.91 Å². The summed E-state index contributed by atoms with van der Waals surface area (Å²) in [6.07, 6.45) is 10.2. The number of carbonyl (C=O) groups is 1. The first-order chi connectivity index (χ1) is 12.1. The van der Waals surface area contributed by atoms with Gasteiger partial charge in [-0.2, -0.15) is 0 Å². The van der Waals surface area contributed by atoms with Gasteiger partial charge < -0.3 is 16.0 Å². The predicted molar refractivity (Wildman–Crippen MR) is 119 cm³/mol. The van der Waals surface area contributed by atoms with Crippen molar-refractivity contribution in [2.75, 3.05) is 18.4 Å². The number of aliphatic imine (C=N–C) groups is 1. The molecule has 0 bridgehead atoms. The minimum Gasteiger partial charge on any atom is -0.357 e. The normalized spacial score (nSPS) is 19.7. The van der Waals surface area contributed by atoms with Crippen molar-refractivity contribution in [1.82, 2.24) is 10.6 Å². The fraction of sp³-hybridized carbons (Fsp3) is 0.500. The van der Waals surface area contributed by atoms with Crippen molar-refractivity contribution in [1.29, 1.82) is 0 Å². The van der Waals surface area contributed by atoms with Gasteiger partial charge in [-0.1, -0.05) is 18.9 Å². The van der Waals surface area contributed by atoms with E-state index in [9.17, 15) is 4.79 Å². The minimum absolute atomic E-state index is 0. The fourth-order valence-corrected chi connectivity index (χ4v) is 2.96. The number of anilines is 1. The van der Waals surface area contributed by atoms with Gasteiger partial charge in [0.1, 0.15) is 6.54 Å². The second-order valence-corrected chi connectivity index (χ2v) is 6.57. The summed E-state index contributed by atoms with van der Waals surface area (Å²) in [6.45, 7) is 5.15. The molecule has 0 saturated heterocycles. The number of guanidine groups is 1. The summed E-state index contributed by atoms with van der Waals surface area (Å²) in [7, 11) is 0. The van der Waals surface area contributed by atoms with Crippen LogP contribution in [-0.2, 0) is 4.79 Å². The standard InChI is InChI=1S/C20H28N4O.HI/c1-4-16-7-6-8-18(13-16)23-19(25)14-22-20(21-5-2)24-17-11-9-15(3)10-12-17;/h1,6-8,13,15,17H,5,9-12,14H2,2-3H3,(H,23,25)(H2,21,22,24);1H. The number of nitrogens with zero attached hydrogens (tertiary/aromatic N) is 1. The molecule has 1 aliphatic rings. The van der Waals surface area contributed by atoms with Crippen LogP contribution in [-0.4, -0.2) is 31.0 Å². The van der Waals surface area contributed by atoms with E-state index in [-0.39, 0.29) is 36.4 Å². The van der Waals surface area contributed by atoms with Crippen molar-refractivity contribution < 1.29 is 4.79 Å². The molecular weight excluding hydrogens is 439 g/mol. The van der Waals surface area contributed by atoms with Crippen LogP contribution in [0, 0.1) is 18.3 Å². The van der Waals surface area contributed by atoms with Crippen LogP contribution in [0.1, 0.15) is 45.1 Å². The molecule has 1 amide bonds. The van der Waals surface area contributed by atoms with Gasteiger partial charge in [0.15, 0.2) is 5.96 Å². The molecule has 3 N–H and O–H groups in total. The molecule has 1 aromatic rings. The Labute approximate surface area is 173 Å². The summed E-state index contributed by atoms with van der Waals surface area (Å²) in [5, 5.41) is 9.48. The average Bonchev–Trinajstić information content (AvgIpc) is 2.62. The molecule has 5 nitrogen and oxygen atoms in total. The topological polar surface area (TPSA) is 65.5 Å². The van der Waals surface area contributed by atoms with Crippen LogP contribution in [0.25, 0.3) is 0 Å². The summed E-state index contributed by atoms with van der Waals surface area (Å²) in [4.78, 5) is 16.5. The monoisotopic (exact) mass is 468 g/mol. The van der Waals surface area contributed by atoms with Crippen LogP contribution in [0.3, 0.4) is 0 Å². The van der Waals surface area contributed by atoms with E-state index in [4.69, 9.17) is 6.42 Å². The average molecular weight is 468 g/mol. The van der Waals surface area contributed by atoms with Crippen LogP contribution >= 0.6 is 24.0 Å². The highest BCUT2D eigenvalue weighted by Gasteiger charge is 2.18. The van der Waals surface area contributed by atoms with E-state index in [1.54, 1.807) is 6.07 Å². The summed E-state index contributed by atoms with van der Waals surface area (Å²) in [5.41, 5.74) is 1.43. The Hall–Kier alpha value is -1.75. The summed E-state index contributed by atoms with van der Waals surface area (Å²) < 4.78 is 0. The number of carbonyl (C=O) groups excluding carboxylic acids is 1. The number of hydrogen-bond donors (Lipinski definition) is 3. The van der Waals surface area contributed by atoms with Gasteiger partial charge in [-0.05, 0) is 56.7 Å². The Bertz CT molecular complexity index is 645. The Balaban J connectivity index is 0.00000338. The van der Waals surface area contributed by atoms with Crippen molar-refractivity contribution in [2.45, 2.75) is 45.6 Å². The maximum absolute atomic E-state index is 12.1. The van der Waals surface area contributed by atoms with Crippen LogP contribution in [0.4, 0.5) is 5.69 Å². The maximum atomic E-state index is 12.1. The van der Waals surface area contributed by atoms with E-state index in [2.05, 4.69) is 33.8 Å². The van der Waals surface area contributed by atoms with Crippen LogP contribution in [0.15, 0.2) is 29.3 Å². The lowest BCUT2D eigenvalue weighted by Crippen LogP contribution is -2.45. The first-order valence-corrected chi connectivity index (χ1v) is 9.02. The highest BCUT2D eigenvalue weighted by molar-refractivity contribution is 14.0. The van der Waals surface area contributed by atoms with E-state index in [0.717, 1.165) is 30.9 Å². The summed E-state index contributed by atoms with van der Waals surface area (Å²) in [6, 6.07) is 7.67. The zero-order chi connectivity index (χ0) is 18.1. The Kier molecular flexibility index (Phi) is 10.1. The third-order valence-electron chi connectivity index (χ3n) is 4.39. The SMILES string of the molecule is C#Cc1cccc(NC(=O)CN=C(NCC)NC2CCC(C)CC2)c1.I. The quantitative estimate of drug-likeness (QED) is 0.269. The lowest BCUT2D eigenvalue weighted by molar-refractivity contribution is -0.114. The Morgan fingerprint density at radius 2 is 2.04 bits per heavy atom. The number of halogens is 1. The highest BCUT2D eigenvalue weighted by Crippen LogP contribution is 2.23. The largest absolute Gasteiger partial charge is 0.357 e. The molecule has 0 aliphatic heterocycles. The molecule has 142 valence electrons. The molecule has 0 aromatic heterocycles. The number of amides is 1. The van der Waals surface area contributed by atoms with E-state index in [1.165, 1.54) is 12.8 Å². The molecule has 1 aromatic carbocycles. The zero-order valence-electron chi connectivity index (χ0n) is 15.5. The number of hydrogen-bond acceptors (Lipinski definition) is 2. The number of terminal acetylenes is 1. The molecule has 2 rings (SSSR count). The van der Waals surface area contributed by atoms with E-state index in [1.807, 2.05) is 25.1 Å². The lowest BCUT2D eigenvalue weighted by atomic mass is 9.87. The van der Waals surface area contributed by atoms with E-state index < -0.39 is 0 Å². The molecule has 1 fully saturated rings. The summed E-state index contributed by atoms with van der Waals surface area (Å²) in [5.74, 6) is 3.90. The third kappa shape index (κ3) is 7.65. The van der Waals surface area contributed by atoms with Crippen molar-refractivity contribution in [3.8, 4) is 12.3 Å². The van der Waals surface area contributed by atoms with Gasteiger partial charge in [0.05, 0.1) is 0 Å². The molecule has 26 heavy (non-hydrogen) atoms. The Morgan fingerprint density at radius 1 is 1.31 bits per heavy atom. The lowest BCUT2D eigenvalue weighted by Gasteiger charge is -2.28. The molecule has 6 heteroatoms. The second-order valence-electron chi connectivity index (χ2n) is 6.57. The molecule has 0 radical (unpaired) electrons. The Morgan fingerprint density at radius 3 is 2.69 bits per heavy atom. The number of rotatable bonds is 5. The highest BCUT2D eigenvalue weighted by atomic mass is 127. The van der Waals surface area contributed by atoms with Crippen molar-refractivity contribution in [3.05, 3.63) is 29.8 Å². The van der Waals surface area contributed by atoms with Crippen molar-refractivity contribution in [3.63, 3.8) is 0 Å². The van der Waals surface area contributed by atoms with Crippen LogP contribution in [0.2, 0.25) is 0 Å². The van der Waals surface area contributed by atoms with Crippen molar-refractivity contribution in [2.24, 2.45) is 10.9 Å². The van der Waals surface area contributed by atoms with Gasteiger partial charge >= 0.3 is 0 Å². The van der Waals surface area contributed by atoms with Crippen LogP contribution in [0.5, 0.6) is 0 Å².